The summed E-state index contributed by atoms with van der Waals surface area (Å²) in [6.07, 6.45) is 2.02. The summed E-state index contributed by atoms with van der Waals surface area (Å²) >= 11 is 6.03. The number of hydrogen-bond donors (Lipinski definition) is 1. The highest BCUT2D eigenvalue weighted by molar-refractivity contribution is 6.30. The average Bonchev–Trinajstić information content (AvgIpc) is 2.53. The molecule has 3 atom stereocenters. The molecule has 2 fully saturated rings. The summed E-state index contributed by atoms with van der Waals surface area (Å²) in [6, 6.07) is 7.58. The zero-order valence-electron chi connectivity index (χ0n) is 14.4. The van der Waals surface area contributed by atoms with E-state index in [4.69, 9.17) is 22.1 Å². The van der Waals surface area contributed by atoms with E-state index in [0.29, 0.717) is 11.6 Å². The fraction of sp³-hybridized carbons (Fsp3) is 0.611. The van der Waals surface area contributed by atoms with E-state index in [0.717, 1.165) is 25.0 Å². The zero-order valence-corrected chi connectivity index (χ0v) is 16.0. The Labute approximate surface area is 155 Å². The maximum Gasteiger partial charge on any atom is 0.243 e. The molecule has 0 spiro atoms. The van der Waals surface area contributed by atoms with Gasteiger partial charge in [-0.25, -0.2) is 0 Å². The van der Waals surface area contributed by atoms with Gasteiger partial charge in [0.1, 0.15) is 5.54 Å². The van der Waals surface area contributed by atoms with Crippen LogP contribution in [0.2, 0.25) is 5.02 Å². The van der Waals surface area contributed by atoms with Crippen LogP contribution in [0.1, 0.15) is 32.3 Å². The number of fused-ring (bicyclic) bond motifs is 1. The van der Waals surface area contributed by atoms with Crippen LogP contribution in [0.5, 0.6) is 0 Å². The lowest BCUT2D eigenvalue weighted by Crippen LogP contribution is -2.82. The third-order valence-electron chi connectivity index (χ3n) is 5.69. The molecule has 1 aliphatic heterocycles. The molecule has 24 heavy (non-hydrogen) atoms. The summed E-state index contributed by atoms with van der Waals surface area (Å²) in [5.74, 6) is 0.106. The van der Waals surface area contributed by atoms with Crippen molar-refractivity contribution in [3.8, 4) is 0 Å². The van der Waals surface area contributed by atoms with E-state index in [2.05, 4.69) is 0 Å². The molecule has 0 aromatic heterocycles. The summed E-state index contributed by atoms with van der Waals surface area (Å²) in [6.45, 7) is 5.37. The fourth-order valence-electron chi connectivity index (χ4n) is 4.31. The number of carbonyl (C=O) groups is 1. The van der Waals surface area contributed by atoms with Gasteiger partial charge in [-0.05, 0) is 30.5 Å². The minimum absolute atomic E-state index is 0. The zero-order chi connectivity index (χ0) is 16.8. The summed E-state index contributed by atoms with van der Waals surface area (Å²) in [7, 11) is 1.81. The van der Waals surface area contributed by atoms with Crippen molar-refractivity contribution in [2.24, 2.45) is 17.1 Å². The molecular formula is C18H26Cl2N2O2. The molecular weight excluding hydrogens is 347 g/mol. The number of halogens is 2. The van der Waals surface area contributed by atoms with E-state index >= 15 is 0 Å². The second-order valence-corrected chi connectivity index (χ2v) is 7.86. The van der Waals surface area contributed by atoms with Crippen molar-refractivity contribution in [1.29, 1.82) is 0 Å². The highest BCUT2D eigenvalue weighted by atomic mass is 35.5. The number of carbonyl (C=O) groups excluding carboxylic acids is 1. The molecule has 1 saturated carbocycles. The fourth-order valence-corrected chi connectivity index (χ4v) is 4.52. The van der Waals surface area contributed by atoms with Crippen LogP contribution in [0.25, 0.3) is 0 Å². The second-order valence-electron chi connectivity index (χ2n) is 7.42. The second kappa shape index (κ2) is 6.83. The van der Waals surface area contributed by atoms with Crippen LogP contribution in [0.4, 0.5) is 0 Å². The van der Waals surface area contributed by atoms with Crippen LogP contribution in [0.3, 0.4) is 0 Å². The molecule has 1 aliphatic carbocycles. The maximum absolute atomic E-state index is 13.1. The Morgan fingerprint density at radius 2 is 2.17 bits per heavy atom. The molecule has 4 nitrogen and oxygen atoms in total. The minimum Gasteiger partial charge on any atom is -0.377 e. The summed E-state index contributed by atoms with van der Waals surface area (Å²) in [5, 5.41) is 0.676. The van der Waals surface area contributed by atoms with Crippen LogP contribution in [0.15, 0.2) is 24.3 Å². The van der Waals surface area contributed by atoms with Gasteiger partial charge in [0.25, 0.3) is 0 Å². The van der Waals surface area contributed by atoms with Crippen molar-refractivity contribution in [1.82, 2.24) is 4.90 Å². The smallest absolute Gasteiger partial charge is 0.243 e. The monoisotopic (exact) mass is 372 g/mol. The molecule has 1 amide bonds. The largest absolute Gasteiger partial charge is 0.377 e. The number of rotatable bonds is 3. The van der Waals surface area contributed by atoms with E-state index in [1.54, 1.807) is 4.90 Å². The predicted molar refractivity (Wildman–Crippen MR) is 98.3 cm³/mol. The Bertz CT molecular complexity index is 623. The van der Waals surface area contributed by atoms with Crippen molar-refractivity contribution in [3.05, 3.63) is 34.9 Å². The van der Waals surface area contributed by atoms with Gasteiger partial charge in [0.15, 0.2) is 0 Å². The Morgan fingerprint density at radius 1 is 1.46 bits per heavy atom. The minimum atomic E-state index is -0.856. The summed E-state index contributed by atoms with van der Waals surface area (Å²) in [4.78, 5) is 14.8. The number of ether oxygens (including phenoxy) is 1. The van der Waals surface area contributed by atoms with Crippen LogP contribution < -0.4 is 5.73 Å². The van der Waals surface area contributed by atoms with Crippen molar-refractivity contribution in [2.75, 3.05) is 13.7 Å². The van der Waals surface area contributed by atoms with Crippen LogP contribution in [-0.2, 0) is 16.1 Å². The quantitative estimate of drug-likeness (QED) is 0.885. The standard InChI is InChI=1S/C18H25ClN2O2.ClH/c1-17(2)15-14(8-5-9-23-15)18(17,20)16(22)21(3)11-12-6-4-7-13(19)10-12;/h4,6-7,10,14-15H,5,8-9,11,20H2,1-3H3;1H. The highest BCUT2D eigenvalue weighted by Crippen LogP contribution is 2.57. The van der Waals surface area contributed by atoms with Gasteiger partial charge in [-0.1, -0.05) is 37.6 Å². The van der Waals surface area contributed by atoms with Crippen molar-refractivity contribution in [3.63, 3.8) is 0 Å². The van der Waals surface area contributed by atoms with Gasteiger partial charge >= 0.3 is 0 Å². The van der Waals surface area contributed by atoms with E-state index in [1.165, 1.54) is 0 Å². The molecule has 2 aliphatic rings. The molecule has 6 heteroatoms. The number of benzene rings is 1. The first-order valence-corrected chi connectivity index (χ1v) is 8.57. The Morgan fingerprint density at radius 3 is 2.83 bits per heavy atom. The first-order valence-electron chi connectivity index (χ1n) is 8.19. The van der Waals surface area contributed by atoms with Crippen LogP contribution in [-0.4, -0.2) is 36.1 Å². The number of likely N-dealkylation sites (N-methyl/N-ethyl adjacent to an activating group) is 1. The average molecular weight is 373 g/mol. The van der Waals surface area contributed by atoms with Crippen molar-refractivity contribution in [2.45, 2.75) is 44.9 Å². The van der Waals surface area contributed by atoms with Crippen molar-refractivity contribution < 1.29 is 9.53 Å². The van der Waals surface area contributed by atoms with E-state index in [-0.39, 0.29) is 35.8 Å². The Balaban J connectivity index is 0.00000208. The third-order valence-corrected chi connectivity index (χ3v) is 5.93. The molecule has 1 heterocycles. The van der Waals surface area contributed by atoms with E-state index in [1.807, 2.05) is 45.2 Å². The number of hydrogen-bond acceptors (Lipinski definition) is 3. The van der Waals surface area contributed by atoms with Gasteiger partial charge in [-0.2, -0.15) is 0 Å². The SMILES string of the molecule is CN(Cc1cccc(Cl)c1)C(=O)C1(N)C2CCCOC2C1(C)C.Cl. The van der Waals surface area contributed by atoms with Crippen molar-refractivity contribution >= 4 is 29.9 Å². The number of amides is 1. The molecule has 0 radical (unpaired) electrons. The molecule has 0 bridgehead atoms. The van der Waals surface area contributed by atoms with Gasteiger partial charge < -0.3 is 15.4 Å². The Hall–Kier alpha value is -0.810. The molecule has 3 unspecified atom stereocenters. The lowest BCUT2D eigenvalue weighted by atomic mass is 9.46. The summed E-state index contributed by atoms with van der Waals surface area (Å²) < 4.78 is 5.88. The first-order chi connectivity index (χ1) is 10.8. The molecule has 1 aromatic carbocycles. The maximum atomic E-state index is 13.1. The highest BCUT2D eigenvalue weighted by Gasteiger charge is 2.70. The van der Waals surface area contributed by atoms with Crippen LogP contribution in [0, 0.1) is 11.3 Å². The molecule has 2 N–H and O–H groups in total. The number of nitrogens with zero attached hydrogens (tertiary/aromatic N) is 1. The van der Waals surface area contributed by atoms with Crippen LogP contribution >= 0.6 is 24.0 Å². The topological polar surface area (TPSA) is 55.6 Å². The normalized spacial score (nSPS) is 30.5. The lowest BCUT2D eigenvalue weighted by Gasteiger charge is -2.65. The van der Waals surface area contributed by atoms with E-state index in [9.17, 15) is 4.79 Å². The van der Waals surface area contributed by atoms with Gasteiger partial charge in [0.2, 0.25) is 5.91 Å². The molecule has 3 rings (SSSR count). The van der Waals surface area contributed by atoms with Gasteiger partial charge in [-0.15, -0.1) is 12.4 Å². The summed E-state index contributed by atoms with van der Waals surface area (Å²) in [5.41, 5.74) is 6.47. The molecule has 1 saturated heterocycles. The van der Waals surface area contributed by atoms with Gasteiger partial charge in [0.05, 0.1) is 6.10 Å². The third kappa shape index (κ3) is 2.84. The molecule has 1 aromatic rings. The predicted octanol–water partition coefficient (Wildman–Crippen LogP) is 3.25. The lowest BCUT2D eigenvalue weighted by molar-refractivity contribution is -0.229. The first kappa shape index (κ1) is 19.5. The van der Waals surface area contributed by atoms with E-state index < -0.39 is 5.54 Å². The molecule has 134 valence electrons. The van der Waals surface area contributed by atoms with Gasteiger partial charge in [0, 0.05) is 36.6 Å². The number of nitrogens with two attached hydrogens (primary N) is 1. The Kier molecular flexibility index (Phi) is 5.55. The van der Waals surface area contributed by atoms with Gasteiger partial charge in [-0.3, -0.25) is 4.79 Å².